The SMILES string of the molecule is COc1ccc(C2CC(c3ccc([N+](=O)[O-])cc3)=NN2C(=O)CCl)cc1OC. The van der Waals surface area contributed by atoms with Gasteiger partial charge in [0.1, 0.15) is 5.88 Å². The fourth-order valence-corrected chi connectivity index (χ4v) is 3.19. The van der Waals surface area contributed by atoms with E-state index in [1.807, 2.05) is 6.07 Å². The van der Waals surface area contributed by atoms with Crippen LogP contribution in [0.5, 0.6) is 11.5 Å². The van der Waals surface area contributed by atoms with Gasteiger partial charge >= 0.3 is 0 Å². The summed E-state index contributed by atoms with van der Waals surface area (Å²) in [6.07, 6.45) is 0.440. The van der Waals surface area contributed by atoms with Crippen molar-refractivity contribution in [3.8, 4) is 11.5 Å². The largest absolute Gasteiger partial charge is 0.493 e. The second-order valence-corrected chi connectivity index (χ2v) is 6.32. The van der Waals surface area contributed by atoms with E-state index in [0.29, 0.717) is 29.2 Å². The van der Waals surface area contributed by atoms with Crippen molar-refractivity contribution in [1.82, 2.24) is 5.01 Å². The van der Waals surface area contributed by atoms with Crippen LogP contribution in [0.3, 0.4) is 0 Å². The van der Waals surface area contributed by atoms with Crippen molar-refractivity contribution in [1.29, 1.82) is 0 Å². The average Bonchev–Trinajstić information content (AvgIpc) is 3.18. The van der Waals surface area contributed by atoms with E-state index in [0.717, 1.165) is 5.56 Å². The number of alkyl halides is 1. The summed E-state index contributed by atoms with van der Waals surface area (Å²) in [4.78, 5) is 22.7. The molecule has 2 aromatic rings. The van der Waals surface area contributed by atoms with Gasteiger partial charge < -0.3 is 9.47 Å². The molecule has 0 aromatic heterocycles. The highest BCUT2D eigenvalue weighted by molar-refractivity contribution is 6.27. The lowest BCUT2D eigenvalue weighted by molar-refractivity contribution is -0.384. The zero-order valence-corrected chi connectivity index (χ0v) is 16.0. The molecule has 0 radical (unpaired) electrons. The summed E-state index contributed by atoms with van der Waals surface area (Å²) >= 11 is 5.76. The normalized spacial score (nSPS) is 15.9. The van der Waals surface area contributed by atoms with Gasteiger partial charge in [-0.05, 0) is 35.4 Å². The Hall–Kier alpha value is -3.13. The van der Waals surface area contributed by atoms with Crippen molar-refractivity contribution < 1.29 is 19.2 Å². The number of non-ortho nitro benzene ring substituents is 1. The number of hydrazone groups is 1. The van der Waals surface area contributed by atoms with Gasteiger partial charge in [0, 0.05) is 18.6 Å². The summed E-state index contributed by atoms with van der Waals surface area (Å²) in [5, 5.41) is 16.6. The van der Waals surface area contributed by atoms with Gasteiger partial charge in [-0.1, -0.05) is 6.07 Å². The number of amides is 1. The van der Waals surface area contributed by atoms with Crippen LogP contribution in [-0.4, -0.2) is 41.7 Å². The number of halogens is 1. The number of benzene rings is 2. The maximum absolute atomic E-state index is 12.3. The molecule has 28 heavy (non-hydrogen) atoms. The molecule has 146 valence electrons. The lowest BCUT2D eigenvalue weighted by Crippen LogP contribution is -2.28. The van der Waals surface area contributed by atoms with Gasteiger partial charge in [-0.15, -0.1) is 11.6 Å². The van der Waals surface area contributed by atoms with Crippen LogP contribution < -0.4 is 9.47 Å². The smallest absolute Gasteiger partial charge is 0.269 e. The number of nitrogens with zero attached hydrogens (tertiary/aromatic N) is 3. The van der Waals surface area contributed by atoms with Crippen LogP contribution in [0, 0.1) is 10.1 Å². The van der Waals surface area contributed by atoms with Crippen LogP contribution in [0.15, 0.2) is 47.6 Å². The first-order valence-electron chi connectivity index (χ1n) is 8.40. The molecule has 1 amide bonds. The third-order valence-electron chi connectivity index (χ3n) is 4.48. The summed E-state index contributed by atoms with van der Waals surface area (Å²) in [5.74, 6) is 0.581. The number of carbonyl (C=O) groups excluding carboxylic acids is 1. The molecule has 0 spiro atoms. The molecule has 3 rings (SSSR count). The fourth-order valence-electron chi connectivity index (χ4n) is 3.07. The number of ether oxygens (including phenoxy) is 2. The number of rotatable bonds is 6. The van der Waals surface area contributed by atoms with Crippen molar-refractivity contribution in [2.75, 3.05) is 20.1 Å². The summed E-state index contributed by atoms with van der Waals surface area (Å²) in [5.41, 5.74) is 2.17. The molecule has 0 bridgehead atoms. The Morgan fingerprint density at radius 1 is 1.21 bits per heavy atom. The topological polar surface area (TPSA) is 94.3 Å². The highest BCUT2D eigenvalue weighted by Gasteiger charge is 2.33. The monoisotopic (exact) mass is 403 g/mol. The van der Waals surface area contributed by atoms with E-state index in [1.165, 1.54) is 24.3 Å². The number of hydrogen-bond acceptors (Lipinski definition) is 6. The number of carbonyl (C=O) groups is 1. The zero-order chi connectivity index (χ0) is 20.3. The Bertz CT molecular complexity index is 930. The van der Waals surface area contributed by atoms with Crippen LogP contribution >= 0.6 is 11.6 Å². The van der Waals surface area contributed by atoms with Crippen LogP contribution in [0.25, 0.3) is 0 Å². The molecule has 1 heterocycles. The van der Waals surface area contributed by atoms with Gasteiger partial charge in [0.15, 0.2) is 11.5 Å². The van der Waals surface area contributed by atoms with E-state index in [9.17, 15) is 14.9 Å². The lowest BCUT2D eigenvalue weighted by Gasteiger charge is -2.22. The molecule has 1 atom stereocenters. The molecule has 0 aliphatic carbocycles. The molecular formula is C19H18ClN3O5. The van der Waals surface area contributed by atoms with E-state index in [-0.39, 0.29) is 23.5 Å². The first kappa shape index (κ1) is 19.6. The second-order valence-electron chi connectivity index (χ2n) is 6.06. The Kier molecular flexibility index (Phi) is 5.79. The molecule has 0 N–H and O–H groups in total. The first-order chi connectivity index (χ1) is 13.5. The number of methoxy groups -OCH3 is 2. The van der Waals surface area contributed by atoms with Gasteiger partial charge in [-0.3, -0.25) is 14.9 Å². The number of nitro benzene ring substituents is 1. The van der Waals surface area contributed by atoms with E-state index < -0.39 is 4.92 Å². The predicted octanol–water partition coefficient (Wildman–Crippen LogP) is 3.53. The van der Waals surface area contributed by atoms with Crippen LogP contribution in [0.1, 0.15) is 23.6 Å². The highest BCUT2D eigenvalue weighted by Crippen LogP contribution is 2.37. The maximum Gasteiger partial charge on any atom is 0.269 e. The minimum Gasteiger partial charge on any atom is -0.493 e. The third-order valence-corrected chi connectivity index (χ3v) is 4.71. The van der Waals surface area contributed by atoms with Gasteiger partial charge in [-0.25, -0.2) is 5.01 Å². The summed E-state index contributed by atoms with van der Waals surface area (Å²) in [6.45, 7) is 0. The minimum absolute atomic E-state index is 0.00696. The van der Waals surface area contributed by atoms with Gasteiger partial charge in [0.25, 0.3) is 11.6 Å². The molecule has 1 aliphatic rings. The van der Waals surface area contributed by atoms with Gasteiger partial charge in [-0.2, -0.15) is 5.10 Å². The molecule has 0 fully saturated rings. The molecule has 8 nitrogen and oxygen atoms in total. The molecule has 1 aliphatic heterocycles. The predicted molar refractivity (Wildman–Crippen MR) is 104 cm³/mol. The first-order valence-corrected chi connectivity index (χ1v) is 8.94. The lowest BCUT2D eigenvalue weighted by atomic mass is 9.98. The van der Waals surface area contributed by atoms with Crippen molar-refractivity contribution >= 4 is 28.9 Å². The van der Waals surface area contributed by atoms with Crippen molar-refractivity contribution in [2.45, 2.75) is 12.5 Å². The molecule has 9 heteroatoms. The molecule has 2 aromatic carbocycles. The average molecular weight is 404 g/mol. The van der Waals surface area contributed by atoms with Crippen LogP contribution in [0.4, 0.5) is 5.69 Å². The molecule has 0 saturated heterocycles. The molecule has 1 unspecified atom stereocenters. The van der Waals surface area contributed by atoms with Gasteiger partial charge in [0.05, 0.1) is 30.9 Å². The summed E-state index contributed by atoms with van der Waals surface area (Å²) in [6, 6.07) is 11.1. The molecule has 0 saturated carbocycles. The van der Waals surface area contributed by atoms with E-state index in [1.54, 1.807) is 31.4 Å². The van der Waals surface area contributed by atoms with E-state index in [2.05, 4.69) is 5.10 Å². The number of nitro groups is 1. The van der Waals surface area contributed by atoms with Crippen molar-refractivity contribution in [3.63, 3.8) is 0 Å². The third kappa shape index (κ3) is 3.77. The minimum atomic E-state index is -0.462. The highest BCUT2D eigenvalue weighted by atomic mass is 35.5. The summed E-state index contributed by atoms with van der Waals surface area (Å²) < 4.78 is 10.6. The van der Waals surface area contributed by atoms with E-state index in [4.69, 9.17) is 21.1 Å². The second kappa shape index (κ2) is 8.26. The van der Waals surface area contributed by atoms with Gasteiger partial charge in [0.2, 0.25) is 0 Å². The van der Waals surface area contributed by atoms with Crippen molar-refractivity contribution in [3.05, 3.63) is 63.7 Å². The van der Waals surface area contributed by atoms with Crippen LogP contribution in [0.2, 0.25) is 0 Å². The Morgan fingerprint density at radius 2 is 1.89 bits per heavy atom. The Labute approximate surface area is 166 Å². The Balaban J connectivity index is 1.95. The molecular weight excluding hydrogens is 386 g/mol. The summed E-state index contributed by atoms with van der Waals surface area (Å²) in [7, 11) is 3.09. The Morgan fingerprint density at radius 3 is 2.46 bits per heavy atom. The number of hydrogen-bond donors (Lipinski definition) is 0. The van der Waals surface area contributed by atoms with Crippen molar-refractivity contribution in [2.24, 2.45) is 5.10 Å². The van der Waals surface area contributed by atoms with Crippen LogP contribution in [-0.2, 0) is 4.79 Å². The van der Waals surface area contributed by atoms with E-state index >= 15 is 0 Å². The zero-order valence-electron chi connectivity index (χ0n) is 15.3. The fraction of sp³-hybridized carbons (Fsp3) is 0.263. The maximum atomic E-state index is 12.3. The standard InChI is InChI=1S/C19H18ClN3O5/c1-27-17-8-5-13(9-18(17)28-2)16-10-15(21-22(16)19(24)11-20)12-3-6-14(7-4-12)23(25)26/h3-9,16H,10-11H2,1-2H3. The quantitative estimate of drug-likeness (QED) is 0.417.